The molecule has 0 aromatic heterocycles. The van der Waals surface area contributed by atoms with Crippen LogP contribution in [0.1, 0.15) is 34.3 Å². The number of anilines is 1. The molecule has 0 atom stereocenters. The number of methoxy groups -OCH3 is 1. The maximum Gasteiger partial charge on any atom is 0.320 e. The Hall–Kier alpha value is -3.58. The molecule has 1 N–H and O–H groups in total. The predicted molar refractivity (Wildman–Crippen MR) is 136 cm³/mol. The number of hydrogen-bond donors (Lipinski definition) is 1. The van der Waals surface area contributed by atoms with Crippen LogP contribution >= 0.6 is 0 Å². The van der Waals surface area contributed by atoms with Gasteiger partial charge >= 0.3 is 6.03 Å². The van der Waals surface area contributed by atoms with Crippen molar-refractivity contribution < 1.29 is 14.3 Å². The van der Waals surface area contributed by atoms with Crippen molar-refractivity contribution in [3.63, 3.8) is 0 Å². The minimum absolute atomic E-state index is 0.0212. The molecule has 3 amide bonds. The van der Waals surface area contributed by atoms with E-state index in [9.17, 15) is 9.59 Å². The summed E-state index contributed by atoms with van der Waals surface area (Å²) in [5.74, 6) is 0.819. The summed E-state index contributed by atoms with van der Waals surface area (Å²) >= 11 is 0. The van der Waals surface area contributed by atoms with Gasteiger partial charge in [-0.1, -0.05) is 30.3 Å². The standard InChI is InChI=1S/C28H30N4O3/c1-35-22-8-5-19(6-9-22)17-32-25-10-7-20(23-3-2-4-24(26(23)25)27(32)33)18-30-15-16-31(28(30)34)21-11-13-29-14-12-21/h2-10,21,29H,11-18H2,1H3. The van der Waals surface area contributed by atoms with Gasteiger partial charge in [0, 0.05) is 36.6 Å². The van der Waals surface area contributed by atoms with E-state index in [1.807, 2.05) is 52.3 Å². The number of urea groups is 1. The number of ether oxygens (including phenoxy) is 1. The highest BCUT2D eigenvalue weighted by Gasteiger charge is 2.35. The molecule has 0 unspecified atom stereocenters. The van der Waals surface area contributed by atoms with Crippen molar-refractivity contribution in [2.45, 2.75) is 32.0 Å². The monoisotopic (exact) mass is 470 g/mol. The third kappa shape index (κ3) is 3.80. The predicted octanol–water partition coefficient (Wildman–Crippen LogP) is 4.00. The van der Waals surface area contributed by atoms with Gasteiger partial charge in [-0.05, 0) is 66.7 Å². The molecule has 3 aliphatic rings. The lowest BCUT2D eigenvalue weighted by atomic mass is 10.00. The zero-order chi connectivity index (χ0) is 23.9. The summed E-state index contributed by atoms with van der Waals surface area (Å²) in [6.45, 7) is 4.55. The molecule has 7 heteroatoms. The largest absolute Gasteiger partial charge is 0.497 e. The number of benzene rings is 3. The van der Waals surface area contributed by atoms with Gasteiger partial charge in [-0.3, -0.25) is 4.79 Å². The SMILES string of the molecule is COc1ccc(CN2C(=O)c3cccc4c(CN5CCN(C6CCNCC6)C5=O)ccc2c34)cc1. The molecular weight excluding hydrogens is 440 g/mol. The van der Waals surface area contributed by atoms with Crippen molar-refractivity contribution >= 4 is 28.4 Å². The van der Waals surface area contributed by atoms with Gasteiger partial charge in [-0.15, -0.1) is 0 Å². The van der Waals surface area contributed by atoms with E-state index in [-0.39, 0.29) is 11.9 Å². The Morgan fingerprint density at radius 1 is 0.943 bits per heavy atom. The van der Waals surface area contributed by atoms with Crippen molar-refractivity contribution in [3.05, 3.63) is 71.3 Å². The van der Waals surface area contributed by atoms with Crippen molar-refractivity contribution in [1.82, 2.24) is 15.1 Å². The second-order valence-electron chi connectivity index (χ2n) is 9.59. The fourth-order valence-electron chi connectivity index (χ4n) is 5.73. The molecule has 0 bridgehead atoms. The Kier molecular flexibility index (Phi) is 5.57. The van der Waals surface area contributed by atoms with Crippen LogP contribution in [0.5, 0.6) is 5.75 Å². The van der Waals surface area contributed by atoms with Gasteiger partial charge in [0.2, 0.25) is 0 Å². The van der Waals surface area contributed by atoms with Gasteiger partial charge in [0.15, 0.2) is 0 Å². The van der Waals surface area contributed by atoms with Crippen LogP contribution in [0, 0.1) is 0 Å². The summed E-state index contributed by atoms with van der Waals surface area (Å²) in [6.07, 6.45) is 2.04. The Morgan fingerprint density at radius 2 is 1.74 bits per heavy atom. The Labute approximate surface area is 205 Å². The van der Waals surface area contributed by atoms with Crippen molar-refractivity contribution in [2.24, 2.45) is 0 Å². The van der Waals surface area contributed by atoms with Crippen LogP contribution in [0.15, 0.2) is 54.6 Å². The summed E-state index contributed by atoms with van der Waals surface area (Å²) < 4.78 is 5.26. The average molecular weight is 471 g/mol. The molecule has 3 aliphatic heterocycles. The highest BCUT2D eigenvalue weighted by molar-refractivity contribution is 6.25. The van der Waals surface area contributed by atoms with E-state index in [0.717, 1.165) is 77.9 Å². The van der Waals surface area contributed by atoms with Crippen LogP contribution in [-0.2, 0) is 13.1 Å². The highest BCUT2D eigenvalue weighted by atomic mass is 16.5. The second kappa shape index (κ2) is 8.89. The van der Waals surface area contributed by atoms with E-state index in [1.165, 1.54) is 0 Å². The van der Waals surface area contributed by atoms with Crippen LogP contribution < -0.4 is 15.0 Å². The minimum atomic E-state index is 0.0212. The molecule has 6 rings (SSSR count). The number of nitrogens with zero attached hydrogens (tertiary/aromatic N) is 3. The lowest BCUT2D eigenvalue weighted by Crippen LogP contribution is -2.45. The van der Waals surface area contributed by atoms with Crippen molar-refractivity contribution in [2.75, 3.05) is 38.2 Å². The minimum Gasteiger partial charge on any atom is -0.497 e. The molecule has 2 fully saturated rings. The molecule has 0 saturated carbocycles. The number of piperidine rings is 1. The zero-order valence-electron chi connectivity index (χ0n) is 20.0. The first-order chi connectivity index (χ1) is 17.1. The van der Waals surface area contributed by atoms with E-state index in [1.54, 1.807) is 7.11 Å². The molecular formula is C28H30N4O3. The van der Waals surface area contributed by atoms with Crippen molar-refractivity contribution in [3.8, 4) is 5.75 Å². The summed E-state index contributed by atoms with van der Waals surface area (Å²) in [7, 11) is 1.65. The van der Waals surface area contributed by atoms with E-state index in [0.29, 0.717) is 19.1 Å². The van der Waals surface area contributed by atoms with E-state index in [2.05, 4.69) is 22.3 Å². The van der Waals surface area contributed by atoms with Crippen LogP contribution in [-0.4, -0.2) is 61.1 Å². The fraction of sp³-hybridized carbons (Fsp3) is 0.357. The third-order valence-corrected chi connectivity index (χ3v) is 7.61. The van der Waals surface area contributed by atoms with Gasteiger partial charge in [0.1, 0.15) is 5.75 Å². The first kappa shape index (κ1) is 21.9. The second-order valence-corrected chi connectivity index (χ2v) is 9.59. The Bertz CT molecular complexity index is 1280. The zero-order valence-corrected chi connectivity index (χ0v) is 20.0. The summed E-state index contributed by atoms with van der Waals surface area (Å²) in [6, 6.07) is 18.4. The maximum absolute atomic E-state index is 13.4. The molecule has 180 valence electrons. The molecule has 0 aliphatic carbocycles. The molecule has 0 spiro atoms. The fourth-order valence-corrected chi connectivity index (χ4v) is 5.73. The number of rotatable bonds is 6. The van der Waals surface area contributed by atoms with Crippen LogP contribution in [0.25, 0.3) is 10.8 Å². The van der Waals surface area contributed by atoms with Gasteiger partial charge in [-0.25, -0.2) is 4.79 Å². The topological polar surface area (TPSA) is 65.1 Å². The number of amides is 3. The smallest absolute Gasteiger partial charge is 0.320 e. The number of nitrogens with one attached hydrogen (secondary N) is 1. The Morgan fingerprint density at radius 3 is 2.51 bits per heavy atom. The number of carbonyl (C=O) groups is 2. The van der Waals surface area contributed by atoms with Crippen molar-refractivity contribution in [1.29, 1.82) is 0 Å². The molecule has 7 nitrogen and oxygen atoms in total. The van der Waals surface area contributed by atoms with Crippen LogP contribution in [0.3, 0.4) is 0 Å². The maximum atomic E-state index is 13.4. The average Bonchev–Trinajstić information content (AvgIpc) is 3.40. The summed E-state index contributed by atoms with van der Waals surface area (Å²) in [5, 5.41) is 5.42. The lowest BCUT2D eigenvalue weighted by Gasteiger charge is -2.31. The molecule has 3 aromatic carbocycles. The summed E-state index contributed by atoms with van der Waals surface area (Å²) in [4.78, 5) is 32.4. The quantitative estimate of drug-likeness (QED) is 0.592. The van der Waals surface area contributed by atoms with E-state index < -0.39 is 0 Å². The normalized spacial score (nSPS) is 18.3. The molecule has 2 saturated heterocycles. The first-order valence-electron chi connectivity index (χ1n) is 12.4. The van der Waals surface area contributed by atoms with Gasteiger partial charge in [0.25, 0.3) is 5.91 Å². The number of carbonyl (C=O) groups excluding carboxylic acids is 2. The molecule has 3 aromatic rings. The lowest BCUT2D eigenvalue weighted by molar-refractivity contribution is 0.0991. The van der Waals surface area contributed by atoms with Gasteiger partial charge in [0.05, 0.1) is 19.3 Å². The number of hydrogen-bond acceptors (Lipinski definition) is 4. The highest BCUT2D eigenvalue weighted by Crippen LogP contribution is 2.40. The Balaban J connectivity index is 1.26. The molecule has 35 heavy (non-hydrogen) atoms. The first-order valence-corrected chi connectivity index (χ1v) is 12.4. The molecule has 3 heterocycles. The van der Waals surface area contributed by atoms with E-state index in [4.69, 9.17) is 4.74 Å². The van der Waals surface area contributed by atoms with E-state index >= 15 is 0 Å². The van der Waals surface area contributed by atoms with Crippen LogP contribution in [0.2, 0.25) is 0 Å². The molecule has 0 radical (unpaired) electrons. The third-order valence-electron chi connectivity index (χ3n) is 7.61. The van der Waals surface area contributed by atoms with Crippen LogP contribution in [0.4, 0.5) is 10.5 Å². The van der Waals surface area contributed by atoms with Gasteiger partial charge < -0.3 is 24.8 Å². The summed E-state index contributed by atoms with van der Waals surface area (Å²) in [5.41, 5.74) is 3.80. The van der Waals surface area contributed by atoms with Gasteiger partial charge in [-0.2, -0.15) is 0 Å².